The average molecular weight is 288 g/mol. The molecule has 1 aromatic rings. The van der Waals surface area contributed by atoms with E-state index >= 15 is 0 Å². The van der Waals surface area contributed by atoms with E-state index in [0.717, 1.165) is 18.8 Å². The molecule has 0 spiro atoms. The van der Waals surface area contributed by atoms with Gasteiger partial charge < -0.3 is 4.74 Å². The first-order valence-electron chi connectivity index (χ1n) is 4.64. The number of benzene rings is 1. The Labute approximate surface area is 92.6 Å². The van der Waals surface area contributed by atoms with Gasteiger partial charge in [-0.3, -0.25) is 0 Å². The van der Waals surface area contributed by atoms with Crippen molar-refractivity contribution in [3.8, 4) is 5.75 Å². The zero-order valence-electron chi connectivity index (χ0n) is 7.93. The molecule has 0 amide bonds. The van der Waals surface area contributed by atoms with Crippen LogP contribution in [0.15, 0.2) is 12.1 Å². The Morgan fingerprint density at radius 1 is 1.38 bits per heavy atom. The van der Waals surface area contributed by atoms with E-state index in [1.165, 1.54) is 14.7 Å². The summed E-state index contributed by atoms with van der Waals surface area (Å²) >= 11 is 2.34. The van der Waals surface area contributed by atoms with Crippen molar-refractivity contribution in [3.05, 3.63) is 26.8 Å². The quantitative estimate of drug-likeness (QED) is 0.720. The van der Waals surface area contributed by atoms with Crippen molar-refractivity contribution >= 4 is 22.6 Å². The van der Waals surface area contributed by atoms with E-state index in [2.05, 4.69) is 48.6 Å². The highest BCUT2D eigenvalue weighted by Crippen LogP contribution is 2.36. The Hall–Kier alpha value is -0.250. The molecule has 2 rings (SSSR count). The van der Waals surface area contributed by atoms with Gasteiger partial charge in [0, 0.05) is 12.0 Å². The Balaban J connectivity index is 2.56. The van der Waals surface area contributed by atoms with Gasteiger partial charge in [0.05, 0.1) is 10.2 Å². The molecule has 0 atom stereocenters. The Bertz CT molecular complexity index is 331. The van der Waals surface area contributed by atoms with Crippen molar-refractivity contribution in [1.29, 1.82) is 0 Å². The molecule has 0 unspecified atom stereocenters. The smallest absolute Gasteiger partial charge is 0.136 e. The van der Waals surface area contributed by atoms with Gasteiger partial charge in [0.1, 0.15) is 5.75 Å². The van der Waals surface area contributed by atoms with E-state index < -0.39 is 0 Å². The molecule has 13 heavy (non-hydrogen) atoms. The van der Waals surface area contributed by atoms with Crippen LogP contribution in [0.3, 0.4) is 0 Å². The third-order valence-corrected chi connectivity index (χ3v) is 3.32. The van der Waals surface area contributed by atoms with Crippen molar-refractivity contribution in [1.82, 2.24) is 0 Å². The highest BCUT2D eigenvalue weighted by atomic mass is 127. The number of hydrogen-bond donors (Lipinski definition) is 0. The fraction of sp³-hybridized carbons (Fsp3) is 0.455. The van der Waals surface area contributed by atoms with Crippen molar-refractivity contribution in [2.75, 3.05) is 6.61 Å². The number of ether oxygens (including phenoxy) is 1. The van der Waals surface area contributed by atoms with Crippen molar-refractivity contribution in [2.24, 2.45) is 0 Å². The molecule has 1 aliphatic rings. The second-order valence-corrected chi connectivity index (χ2v) is 4.86. The van der Waals surface area contributed by atoms with Gasteiger partial charge in [-0.15, -0.1) is 0 Å². The monoisotopic (exact) mass is 288 g/mol. The van der Waals surface area contributed by atoms with Crippen LogP contribution < -0.4 is 4.74 Å². The summed E-state index contributed by atoms with van der Waals surface area (Å²) in [4.78, 5) is 0. The lowest BCUT2D eigenvalue weighted by Crippen LogP contribution is -1.94. The summed E-state index contributed by atoms with van der Waals surface area (Å²) < 4.78 is 6.86. The van der Waals surface area contributed by atoms with Crippen LogP contribution in [0.4, 0.5) is 0 Å². The highest BCUT2D eigenvalue weighted by molar-refractivity contribution is 14.1. The van der Waals surface area contributed by atoms with Crippen molar-refractivity contribution in [2.45, 2.75) is 26.2 Å². The number of halogens is 1. The molecule has 0 bridgehead atoms. The molecule has 0 saturated heterocycles. The molecule has 1 aromatic carbocycles. The van der Waals surface area contributed by atoms with Crippen LogP contribution in [0.1, 0.15) is 30.9 Å². The third-order valence-electron chi connectivity index (χ3n) is 2.47. The molecule has 70 valence electrons. The summed E-state index contributed by atoms with van der Waals surface area (Å²) in [5.41, 5.74) is 2.88. The van der Waals surface area contributed by atoms with Crippen LogP contribution in [0.5, 0.6) is 5.75 Å². The van der Waals surface area contributed by atoms with Crippen LogP contribution in [0.25, 0.3) is 0 Å². The van der Waals surface area contributed by atoms with E-state index in [-0.39, 0.29) is 0 Å². The largest absolute Gasteiger partial charge is 0.492 e. The number of fused-ring (bicyclic) bond motifs is 1. The van der Waals surface area contributed by atoms with Crippen LogP contribution in [-0.2, 0) is 6.42 Å². The standard InChI is InChI=1S/C11H13IO/c1-7(2)8-3-4-10(12)11-9(8)5-6-13-11/h3-4,7H,5-6H2,1-2H3. The predicted octanol–water partition coefficient (Wildman–Crippen LogP) is 3.35. The van der Waals surface area contributed by atoms with Gasteiger partial charge in [-0.2, -0.15) is 0 Å². The third kappa shape index (κ3) is 1.56. The van der Waals surface area contributed by atoms with Crippen LogP contribution >= 0.6 is 22.6 Å². The Morgan fingerprint density at radius 2 is 2.15 bits per heavy atom. The maximum Gasteiger partial charge on any atom is 0.136 e. The first-order chi connectivity index (χ1) is 6.20. The number of rotatable bonds is 1. The van der Waals surface area contributed by atoms with E-state index in [4.69, 9.17) is 4.74 Å². The minimum Gasteiger partial charge on any atom is -0.492 e. The summed E-state index contributed by atoms with van der Waals surface area (Å²) in [6.07, 6.45) is 1.08. The van der Waals surface area contributed by atoms with Crippen molar-refractivity contribution in [3.63, 3.8) is 0 Å². The van der Waals surface area contributed by atoms with Gasteiger partial charge in [-0.25, -0.2) is 0 Å². The average Bonchev–Trinajstić information content (AvgIpc) is 2.53. The van der Waals surface area contributed by atoms with Gasteiger partial charge in [0.25, 0.3) is 0 Å². The Kier molecular flexibility index (Phi) is 2.49. The van der Waals surface area contributed by atoms with Gasteiger partial charge >= 0.3 is 0 Å². The summed E-state index contributed by atoms with van der Waals surface area (Å²) in [5.74, 6) is 1.74. The van der Waals surface area contributed by atoms with Gasteiger partial charge in [-0.1, -0.05) is 19.9 Å². The minimum absolute atomic E-state index is 0.604. The van der Waals surface area contributed by atoms with Crippen LogP contribution in [-0.4, -0.2) is 6.61 Å². The van der Waals surface area contributed by atoms with Gasteiger partial charge in [0.2, 0.25) is 0 Å². The molecule has 0 fully saturated rings. The van der Waals surface area contributed by atoms with Gasteiger partial charge in [0.15, 0.2) is 0 Å². The van der Waals surface area contributed by atoms with Crippen LogP contribution in [0, 0.1) is 3.57 Å². The van der Waals surface area contributed by atoms with Crippen LogP contribution in [0.2, 0.25) is 0 Å². The van der Waals surface area contributed by atoms with Crippen molar-refractivity contribution < 1.29 is 4.74 Å². The second-order valence-electron chi connectivity index (χ2n) is 3.70. The SMILES string of the molecule is CC(C)c1ccc(I)c2c1CCO2. The summed E-state index contributed by atoms with van der Waals surface area (Å²) in [6, 6.07) is 4.39. The fourth-order valence-electron chi connectivity index (χ4n) is 1.82. The first kappa shape index (κ1) is 9.31. The lowest BCUT2D eigenvalue weighted by atomic mass is 9.96. The lowest BCUT2D eigenvalue weighted by molar-refractivity contribution is 0.354. The molecule has 0 aromatic heterocycles. The van der Waals surface area contributed by atoms with E-state index in [1.807, 2.05) is 0 Å². The molecule has 1 heterocycles. The predicted molar refractivity (Wildman–Crippen MR) is 62.4 cm³/mol. The summed E-state index contributed by atoms with van der Waals surface area (Å²) in [5, 5.41) is 0. The molecule has 0 saturated carbocycles. The first-order valence-corrected chi connectivity index (χ1v) is 5.72. The molecule has 2 heteroatoms. The molecule has 1 nitrogen and oxygen atoms in total. The lowest BCUT2D eigenvalue weighted by Gasteiger charge is -2.11. The highest BCUT2D eigenvalue weighted by Gasteiger charge is 2.19. The summed E-state index contributed by atoms with van der Waals surface area (Å²) in [6.45, 7) is 5.33. The van der Waals surface area contributed by atoms with E-state index in [9.17, 15) is 0 Å². The molecular formula is C11H13IO. The zero-order chi connectivity index (χ0) is 9.42. The maximum absolute atomic E-state index is 5.61. The molecule has 1 aliphatic heterocycles. The molecule has 0 radical (unpaired) electrons. The molecule has 0 N–H and O–H groups in total. The van der Waals surface area contributed by atoms with E-state index in [1.54, 1.807) is 0 Å². The maximum atomic E-state index is 5.61. The summed E-state index contributed by atoms with van der Waals surface area (Å²) in [7, 11) is 0. The van der Waals surface area contributed by atoms with E-state index in [0.29, 0.717) is 5.92 Å². The topological polar surface area (TPSA) is 9.23 Å². The van der Waals surface area contributed by atoms with Gasteiger partial charge in [-0.05, 0) is 40.1 Å². The number of hydrogen-bond acceptors (Lipinski definition) is 1. The molecule has 0 aliphatic carbocycles. The normalized spacial score (nSPS) is 14.5. The minimum atomic E-state index is 0.604. The zero-order valence-corrected chi connectivity index (χ0v) is 10.1. The second kappa shape index (κ2) is 3.48. The molecular weight excluding hydrogens is 275 g/mol. The Morgan fingerprint density at radius 3 is 2.85 bits per heavy atom. The fourth-order valence-corrected chi connectivity index (χ4v) is 2.49.